The molecule has 0 aromatic carbocycles. The first-order valence-corrected chi connectivity index (χ1v) is 4.44. The van der Waals surface area contributed by atoms with E-state index in [1.807, 2.05) is 19.2 Å². The summed E-state index contributed by atoms with van der Waals surface area (Å²) in [4.78, 5) is 12.5. The quantitative estimate of drug-likeness (QED) is 0.708. The van der Waals surface area contributed by atoms with Gasteiger partial charge in [-0.25, -0.2) is 0 Å². The van der Waals surface area contributed by atoms with Gasteiger partial charge in [-0.2, -0.15) is 0 Å². The van der Waals surface area contributed by atoms with Crippen LogP contribution in [0.25, 0.3) is 0 Å². The normalized spacial score (nSPS) is 10.0. The Labute approximate surface area is 78.3 Å². The first kappa shape index (κ1) is 9.84. The Morgan fingerprint density at radius 3 is 2.92 bits per heavy atom. The van der Waals surface area contributed by atoms with Gasteiger partial charge in [-0.3, -0.25) is 4.79 Å². The molecule has 72 valence electrons. The highest BCUT2D eigenvalue weighted by molar-refractivity contribution is 5.72. The first-order valence-electron chi connectivity index (χ1n) is 4.44. The van der Waals surface area contributed by atoms with Crippen LogP contribution in [0.15, 0.2) is 22.8 Å². The molecule has 0 spiro atoms. The van der Waals surface area contributed by atoms with E-state index < -0.39 is 0 Å². The Bertz CT molecular complexity index is 254. The van der Waals surface area contributed by atoms with Gasteiger partial charge in [0.05, 0.1) is 6.26 Å². The number of carbonyl (C=O) groups is 1. The second-order valence-electron chi connectivity index (χ2n) is 3.12. The zero-order chi connectivity index (χ0) is 9.68. The molecule has 0 radical (unpaired) electrons. The van der Waals surface area contributed by atoms with Crippen LogP contribution in [-0.2, 0) is 11.2 Å². The summed E-state index contributed by atoms with van der Waals surface area (Å²) in [6.45, 7) is 2.36. The fourth-order valence-electron chi connectivity index (χ4n) is 1.10. The molecule has 1 heterocycles. The number of furan rings is 1. The molecule has 0 unspecified atom stereocenters. The predicted octanol–water partition coefficient (Wildman–Crippen LogP) is 1.69. The highest BCUT2D eigenvalue weighted by Gasteiger charge is 2.01. The fourth-order valence-corrected chi connectivity index (χ4v) is 1.10. The molecule has 0 saturated carbocycles. The molecule has 1 aromatic heterocycles. The summed E-state index contributed by atoms with van der Waals surface area (Å²) >= 11 is 0. The molecule has 3 nitrogen and oxygen atoms in total. The second kappa shape index (κ2) is 4.70. The van der Waals surface area contributed by atoms with Crippen molar-refractivity contribution in [3.63, 3.8) is 0 Å². The molecule has 0 bridgehead atoms. The van der Waals surface area contributed by atoms with Gasteiger partial charge in [0.2, 0.25) is 5.91 Å². The molecule has 0 aliphatic heterocycles. The lowest BCUT2D eigenvalue weighted by Crippen LogP contribution is -2.25. The molecule has 0 aliphatic carbocycles. The smallest absolute Gasteiger partial charge is 0.219 e. The lowest BCUT2D eigenvalue weighted by atomic mass is 10.2. The van der Waals surface area contributed by atoms with Gasteiger partial charge in [0.1, 0.15) is 5.76 Å². The van der Waals surface area contributed by atoms with Gasteiger partial charge in [0.25, 0.3) is 0 Å². The molecule has 0 N–H and O–H groups in total. The van der Waals surface area contributed by atoms with E-state index in [0.717, 1.165) is 25.1 Å². The Balaban J connectivity index is 2.18. The minimum Gasteiger partial charge on any atom is -0.469 e. The maximum Gasteiger partial charge on any atom is 0.219 e. The standard InChI is InChI=1S/C10H15NO2/c1-9(12)11(2)7-3-5-10-6-4-8-13-10/h4,6,8H,3,5,7H2,1-2H3. The van der Waals surface area contributed by atoms with Crippen molar-refractivity contribution in [1.29, 1.82) is 0 Å². The summed E-state index contributed by atoms with van der Waals surface area (Å²) in [5.41, 5.74) is 0. The zero-order valence-corrected chi connectivity index (χ0v) is 8.12. The summed E-state index contributed by atoms with van der Waals surface area (Å²) in [7, 11) is 1.81. The lowest BCUT2D eigenvalue weighted by molar-refractivity contribution is -0.127. The van der Waals surface area contributed by atoms with Gasteiger partial charge in [-0.1, -0.05) is 0 Å². The summed E-state index contributed by atoms with van der Waals surface area (Å²) in [6, 6.07) is 3.83. The van der Waals surface area contributed by atoms with Crippen LogP contribution in [0.2, 0.25) is 0 Å². The molecule has 0 saturated heterocycles. The van der Waals surface area contributed by atoms with E-state index in [1.165, 1.54) is 0 Å². The molecule has 0 atom stereocenters. The summed E-state index contributed by atoms with van der Waals surface area (Å²) in [6.07, 6.45) is 3.51. The highest BCUT2D eigenvalue weighted by atomic mass is 16.3. The second-order valence-corrected chi connectivity index (χ2v) is 3.12. The maximum absolute atomic E-state index is 10.8. The molecular formula is C10H15NO2. The van der Waals surface area contributed by atoms with Gasteiger partial charge >= 0.3 is 0 Å². The van der Waals surface area contributed by atoms with E-state index >= 15 is 0 Å². The van der Waals surface area contributed by atoms with Gasteiger partial charge in [0.15, 0.2) is 0 Å². The first-order chi connectivity index (χ1) is 6.20. The Morgan fingerprint density at radius 1 is 1.62 bits per heavy atom. The molecule has 0 aliphatic rings. The molecule has 3 heteroatoms. The van der Waals surface area contributed by atoms with E-state index in [0.29, 0.717) is 0 Å². The van der Waals surface area contributed by atoms with Crippen LogP contribution in [0.3, 0.4) is 0 Å². The number of hydrogen-bond acceptors (Lipinski definition) is 2. The van der Waals surface area contributed by atoms with Gasteiger partial charge in [-0.15, -0.1) is 0 Å². The summed E-state index contributed by atoms with van der Waals surface area (Å²) in [5.74, 6) is 1.09. The molecular weight excluding hydrogens is 166 g/mol. The van der Waals surface area contributed by atoms with E-state index in [9.17, 15) is 4.79 Å². The maximum atomic E-state index is 10.8. The largest absolute Gasteiger partial charge is 0.469 e. The number of hydrogen-bond donors (Lipinski definition) is 0. The van der Waals surface area contributed by atoms with Crippen molar-refractivity contribution >= 4 is 5.91 Å². The van der Waals surface area contributed by atoms with Crippen LogP contribution in [0.5, 0.6) is 0 Å². The minimum atomic E-state index is 0.111. The summed E-state index contributed by atoms with van der Waals surface area (Å²) in [5, 5.41) is 0. The van der Waals surface area contributed by atoms with E-state index in [4.69, 9.17) is 4.42 Å². The molecule has 1 amide bonds. The molecule has 1 aromatic rings. The number of nitrogens with zero attached hydrogens (tertiary/aromatic N) is 1. The van der Waals surface area contributed by atoms with Crippen molar-refractivity contribution in [1.82, 2.24) is 4.90 Å². The zero-order valence-electron chi connectivity index (χ0n) is 8.12. The lowest BCUT2D eigenvalue weighted by Gasteiger charge is -2.13. The number of aryl methyl sites for hydroxylation is 1. The third-order valence-electron chi connectivity index (χ3n) is 2.03. The van der Waals surface area contributed by atoms with E-state index in [1.54, 1.807) is 18.1 Å². The van der Waals surface area contributed by atoms with E-state index in [-0.39, 0.29) is 5.91 Å². The van der Waals surface area contributed by atoms with Crippen molar-refractivity contribution in [2.75, 3.05) is 13.6 Å². The highest BCUT2D eigenvalue weighted by Crippen LogP contribution is 2.03. The Hall–Kier alpha value is -1.25. The fraction of sp³-hybridized carbons (Fsp3) is 0.500. The van der Waals surface area contributed by atoms with E-state index in [2.05, 4.69) is 0 Å². The van der Waals surface area contributed by atoms with Gasteiger partial charge in [-0.05, 0) is 18.6 Å². The van der Waals surface area contributed by atoms with Crippen molar-refractivity contribution in [3.8, 4) is 0 Å². The van der Waals surface area contributed by atoms with Crippen LogP contribution in [0, 0.1) is 0 Å². The van der Waals surface area contributed by atoms with Crippen molar-refractivity contribution in [3.05, 3.63) is 24.2 Å². The minimum absolute atomic E-state index is 0.111. The summed E-state index contributed by atoms with van der Waals surface area (Å²) < 4.78 is 5.17. The molecule has 13 heavy (non-hydrogen) atoms. The third kappa shape index (κ3) is 3.32. The van der Waals surface area contributed by atoms with Gasteiger partial charge < -0.3 is 9.32 Å². The average Bonchev–Trinajstić information content (AvgIpc) is 2.56. The topological polar surface area (TPSA) is 33.5 Å². The Morgan fingerprint density at radius 2 is 2.38 bits per heavy atom. The third-order valence-corrected chi connectivity index (χ3v) is 2.03. The van der Waals surface area contributed by atoms with Gasteiger partial charge in [0, 0.05) is 26.9 Å². The molecule has 0 fully saturated rings. The van der Waals surface area contributed by atoms with Crippen LogP contribution >= 0.6 is 0 Å². The molecule has 1 rings (SSSR count). The van der Waals surface area contributed by atoms with Crippen molar-refractivity contribution < 1.29 is 9.21 Å². The van der Waals surface area contributed by atoms with Crippen molar-refractivity contribution in [2.45, 2.75) is 19.8 Å². The predicted molar refractivity (Wildman–Crippen MR) is 50.3 cm³/mol. The monoisotopic (exact) mass is 181 g/mol. The van der Waals surface area contributed by atoms with Crippen LogP contribution in [0.1, 0.15) is 19.1 Å². The van der Waals surface area contributed by atoms with Crippen LogP contribution < -0.4 is 0 Å². The number of carbonyl (C=O) groups excluding carboxylic acids is 1. The van der Waals surface area contributed by atoms with Crippen LogP contribution in [-0.4, -0.2) is 24.4 Å². The van der Waals surface area contributed by atoms with Crippen LogP contribution in [0.4, 0.5) is 0 Å². The number of amides is 1. The Kier molecular flexibility index (Phi) is 3.55. The average molecular weight is 181 g/mol. The number of rotatable bonds is 4. The van der Waals surface area contributed by atoms with Crippen molar-refractivity contribution in [2.24, 2.45) is 0 Å². The SMILES string of the molecule is CC(=O)N(C)CCCc1ccco1.